The van der Waals surface area contributed by atoms with Crippen molar-refractivity contribution in [2.45, 2.75) is 0 Å². The minimum atomic E-state index is -1.01. The second-order valence-electron chi connectivity index (χ2n) is 1.94. The lowest BCUT2D eigenvalue weighted by Crippen LogP contribution is -2.05. The lowest BCUT2D eigenvalue weighted by atomic mass is 10.5. The first-order chi connectivity index (χ1) is 5.65. The predicted octanol–water partition coefficient (Wildman–Crippen LogP) is -0.138. The third-order valence-corrected chi connectivity index (χ3v) is 1.17. The molecular formula is C5H4N4O3. The molecule has 0 aliphatic carbocycles. The molecule has 0 N–H and O–H groups in total. The molecule has 0 bridgehead atoms. The SMILES string of the molecule is Cn1cnc(O[N+](=O)[O-])c1C#N. The Labute approximate surface area is 66.9 Å². The third kappa shape index (κ3) is 1.32. The van der Waals surface area contributed by atoms with E-state index in [-0.39, 0.29) is 11.6 Å². The van der Waals surface area contributed by atoms with E-state index in [2.05, 4.69) is 9.82 Å². The topological polar surface area (TPSA) is 94.0 Å². The minimum absolute atomic E-state index is 0.0201. The van der Waals surface area contributed by atoms with Gasteiger partial charge in [-0.2, -0.15) is 5.26 Å². The predicted molar refractivity (Wildman–Crippen MR) is 35.5 cm³/mol. The van der Waals surface area contributed by atoms with E-state index in [9.17, 15) is 10.1 Å². The summed E-state index contributed by atoms with van der Waals surface area (Å²) >= 11 is 0. The molecule has 0 atom stereocenters. The Bertz CT molecular complexity index is 350. The number of nitriles is 1. The monoisotopic (exact) mass is 168 g/mol. The van der Waals surface area contributed by atoms with Crippen LogP contribution >= 0.6 is 0 Å². The van der Waals surface area contributed by atoms with Crippen molar-refractivity contribution in [3.8, 4) is 11.9 Å². The quantitative estimate of drug-likeness (QED) is 0.452. The molecule has 1 heterocycles. The molecule has 62 valence electrons. The van der Waals surface area contributed by atoms with Crippen molar-refractivity contribution in [2.24, 2.45) is 7.05 Å². The van der Waals surface area contributed by atoms with Crippen molar-refractivity contribution in [1.82, 2.24) is 9.55 Å². The number of hydrogen-bond donors (Lipinski definition) is 0. The van der Waals surface area contributed by atoms with E-state index in [0.29, 0.717) is 0 Å². The van der Waals surface area contributed by atoms with Gasteiger partial charge in [-0.1, -0.05) is 0 Å². The lowest BCUT2D eigenvalue weighted by molar-refractivity contribution is -0.712. The van der Waals surface area contributed by atoms with Crippen LogP contribution in [0.25, 0.3) is 0 Å². The summed E-state index contributed by atoms with van der Waals surface area (Å²) in [6, 6.07) is 1.72. The smallest absolute Gasteiger partial charge is 0.301 e. The van der Waals surface area contributed by atoms with Crippen molar-refractivity contribution >= 4 is 0 Å². The molecule has 0 fully saturated rings. The molecule has 1 aromatic rings. The first-order valence-corrected chi connectivity index (χ1v) is 2.89. The van der Waals surface area contributed by atoms with Gasteiger partial charge in [0.1, 0.15) is 6.07 Å². The molecule has 0 saturated heterocycles. The van der Waals surface area contributed by atoms with Gasteiger partial charge in [0.2, 0.25) is 5.88 Å². The molecule has 0 spiro atoms. The van der Waals surface area contributed by atoms with E-state index in [1.165, 1.54) is 10.9 Å². The van der Waals surface area contributed by atoms with Gasteiger partial charge < -0.3 is 4.57 Å². The summed E-state index contributed by atoms with van der Waals surface area (Å²) in [5, 5.41) is 17.3. The Morgan fingerprint density at radius 2 is 2.58 bits per heavy atom. The summed E-state index contributed by atoms with van der Waals surface area (Å²) in [6.45, 7) is 0. The first kappa shape index (κ1) is 8.00. The Morgan fingerprint density at radius 1 is 1.92 bits per heavy atom. The third-order valence-electron chi connectivity index (χ3n) is 1.17. The van der Waals surface area contributed by atoms with Crippen molar-refractivity contribution in [3.05, 3.63) is 22.1 Å². The van der Waals surface area contributed by atoms with Gasteiger partial charge in [-0.25, -0.2) is 4.98 Å². The fourth-order valence-corrected chi connectivity index (χ4v) is 0.673. The lowest BCUT2D eigenvalue weighted by Gasteiger charge is -1.92. The highest BCUT2D eigenvalue weighted by Crippen LogP contribution is 2.12. The summed E-state index contributed by atoms with van der Waals surface area (Å²) < 4.78 is 1.33. The largest absolute Gasteiger partial charge is 0.324 e. The van der Waals surface area contributed by atoms with Gasteiger partial charge in [-0.15, -0.1) is 10.1 Å². The van der Waals surface area contributed by atoms with Crippen LogP contribution in [0.1, 0.15) is 5.69 Å². The van der Waals surface area contributed by atoms with Crippen LogP contribution in [0.5, 0.6) is 5.88 Å². The van der Waals surface area contributed by atoms with Crippen molar-refractivity contribution in [1.29, 1.82) is 5.26 Å². The summed E-state index contributed by atoms with van der Waals surface area (Å²) in [5.41, 5.74) is 0.0201. The van der Waals surface area contributed by atoms with Crippen molar-refractivity contribution in [3.63, 3.8) is 0 Å². The number of aryl methyl sites for hydroxylation is 1. The average molecular weight is 168 g/mol. The molecule has 0 aliphatic rings. The highest BCUT2D eigenvalue weighted by molar-refractivity contribution is 5.31. The van der Waals surface area contributed by atoms with E-state index in [1.807, 2.05) is 0 Å². The average Bonchev–Trinajstić information content (AvgIpc) is 2.30. The maximum absolute atomic E-state index is 9.87. The molecule has 0 saturated carbocycles. The van der Waals surface area contributed by atoms with Crippen molar-refractivity contribution < 1.29 is 9.92 Å². The maximum Gasteiger partial charge on any atom is 0.301 e. The summed E-state index contributed by atoms with van der Waals surface area (Å²) in [7, 11) is 1.54. The second-order valence-corrected chi connectivity index (χ2v) is 1.94. The number of imidazole rings is 1. The van der Waals surface area contributed by atoms with E-state index < -0.39 is 5.09 Å². The summed E-state index contributed by atoms with van der Waals surface area (Å²) in [5.74, 6) is -0.287. The van der Waals surface area contributed by atoms with Crippen molar-refractivity contribution in [2.75, 3.05) is 0 Å². The first-order valence-electron chi connectivity index (χ1n) is 2.89. The maximum atomic E-state index is 9.87. The van der Waals surface area contributed by atoms with Crippen LogP contribution in [-0.2, 0) is 7.05 Å². The van der Waals surface area contributed by atoms with Crippen LogP contribution in [0.2, 0.25) is 0 Å². The Kier molecular flexibility index (Phi) is 1.92. The van der Waals surface area contributed by atoms with Gasteiger partial charge in [0.05, 0.1) is 6.33 Å². The van der Waals surface area contributed by atoms with Gasteiger partial charge in [-0.05, 0) is 0 Å². The molecule has 0 unspecified atom stereocenters. The number of nitrogens with zero attached hydrogens (tertiary/aromatic N) is 4. The Balaban J connectivity index is 3.01. The fraction of sp³-hybridized carbons (Fsp3) is 0.200. The minimum Gasteiger partial charge on any atom is -0.324 e. The van der Waals surface area contributed by atoms with Crippen LogP contribution in [0.15, 0.2) is 6.33 Å². The molecule has 0 aromatic carbocycles. The summed E-state index contributed by atoms with van der Waals surface area (Å²) in [6.07, 6.45) is 1.26. The van der Waals surface area contributed by atoms with Crippen LogP contribution in [0, 0.1) is 21.4 Å². The molecule has 12 heavy (non-hydrogen) atoms. The number of rotatable bonds is 2. The molecule has 7 nitrogen and oxygen atoms in total. The molecule has 0 amide bonds. The Hall–Kier alpha value is -2.10. The van der Waals surface area contributed by atoms with Gasteiger partial charge in [0.15, 0.2) is 5.69 Å². The normalized spacial score (nSPS) is 9.00. The standard InChI is InChI=1S/C5H4N4O3/c1-8-3-7-5(4(8)2-6)12-9(10)11/h3H,1H3. The highest BCUT2D eigenvalue weighted by atomic mass is 17.0. The molecule has 1 rings (SSSR count). The molecule has 0 radical (unpaired) electrons. The highest BCUT2D eigenvalue weighted by Gasteiger charge is 2.11. The van der Waals surface area contributed by atoms with Crippen LogP contribution in [0.4, 0.5) is 0 Å². The zero-order valence-electron chi connectivity index (χ0n) is 6.09. The number of hydrogen-bond acceptors (Lipinski definition) is 5. The van der Waals surface area contributed by atoms with E-state index in [0.717, 1.165) is 0 Å². The molecule has 1 aromatic heterocycles. The molecular weight excluding hydrogens is 164 g/mol. The molecule has 7 heteroatoms. The van der Waals surface area contributed by atoms with Gasteiger partial charge >= 0.3 is 5.09 Å². The van der Waals surface area contributed by atoms with Crippen LogP contribution in [-0.4, -0.2) is 14.6 Å². The van der Waals surface area contributed by atoms with E-state index >= 15 is 0 Å². The van der Waals surface area contributed by atoms with Gasteiger partial charge in [0, 0.05) is 7.05 Å². The zero-order valence-corrected chi connectivity index (χ0v) is 6.09. The van der Waals surface area contributed by atoms with Crippen LogP contribution in [0.3, 0.4) is 0 Å². The summed E-state index contributed by atoms with van der Waals surface area (Å²) in [4.78, 5) is 17.4. The van der Waals surface area contributed by atoms with Gasteiger partial charge in [0.25, 0.3) is 0 Å². The van der Waals surface area contributed by atoms with E-state index in [1.54, 1.807) is 13.1 Å². The Morgan fingerprint density at radius 3 is 3.08 bits per heavy atom. The van der Waals surface area contributed by atoms with Gasteiger partial charge in [-0.3, -0.25) is 4.84 Å². The van der Waals surface area contributed by atoms with E-state index in [4.69, 9.17) is 5.26 Å². The van der Waals surface area contributed by atoms with Crippen LogP contribution < -0.4 is 4.84 Å². The number of aromatic nitrogens is 2. The zero-order chi connectivity index (χ0) is 9.14. The fourth-order valence-electron chi connectivity index (χ4n) is 0.673. The molecule has 0 aliphatic heterocycles. The second kappa shape index (κ2) is 2.87.